The Bertz CT molecular complexity index is 952. The summed E-state index contributed by atoms with van der Waals surface area (Å²) in [5, 5.41) is 13.5. The van der Waals surface area contributed by atoms with Crippen molar-refractivity contribution >= 4 is 23.5 Å². The third-order valence-corrected chi connectivity index (χ3v) is 6.78. The van der Waals surface area contributed by atoms with Gasteiger partial charge in [-0.1, -0.05) is 42.1 Å². The largest absolute Gasteiger partial charge is 0.378 e. The Morgan fingerprint density at radius 3 is 2.65 bits per heavy atom. The molecule has 1 N–H and O–H groups in total. The van der Waals surface area contributed by atoms with Crippen molar-refractivity contribution in [2.24, 2.45) is 0 Å². The van der Waals surface area contributed by atoms with Gasteiger partial charge in [0.05, 0.1) is 24.5 Å². The van der Waals surface area contributed by atoms with Gasteiger partial charge in [-0.15, -0.1) is 0 Å². The topological polar surface area (TPSA) is 78.2 Å². The summed E-state index contributed by atoms with van der Waals surface area (Å²) >= 11 is 1.37. The first kappa shape index (κ1) is 21.7. The van der Waals surface area contributed by atoms with Crippen molar-refractivity contribution in [3.8, 4) is 6.07 Å². The second-order valence-corrected chi connectivity index (χ2v) is 8.83. The van der Waals surface area contributed by atoms with Gasteiger partial charge in [0.2, 0.25) is 5.91 Å². The zero-order valence-electron chi connectivity index (χ0n) is 17.7. The number of fused-ring (bicyclic) bond motifs is 1. The highest BCUT2D eigenvalue weighted by molar-refractivity contribution is 8.00. The molecule has 0 atom stereocenters. The van der Waals surface area contributed by atoms with Crippen molar-refractivity contribution in [1.82, 2.24) is 10.3 Å². The van der Waals surface area contributed by atoms with Crippen LogP contribution in [0, 0.1) is 11.3 Å². The third kappa shape index (κ3) is 5.38. The Kier molecular flexibility index (Phi) is 7.44. The number of rotatable bonds is 7. The van der Waals surface area contributed by atoms with Gasteiger partial charge in [0.25, 0.3) is 0 Å². The maximum absolute atomic E-state index is 12.4. The van der Waals surface area contributed by atoms with Gasteiger partial charge in [-0.25, -0.2) is 4.98 Å². The van der Waals surface area contributed by atoms with Gasteiger partial charge in [-0.2, -0.15) is 5.26 Å². The first-order chi connectivity index (χ1) is 15.3. The molecule has 162 valence electrons. The van der Waals surface area contributed by atoms with Crippen molar-refractivity contribution < 1.29 is 9.53 Å². The van der Waals surface area contributed by atoms with Gasteiger partial charge < -0.3 is 15.0 Å². The molecule has 1 saturated heterocycles. The monoisotopic (exact) mass is 436 g/mol. The van der Waals surface area contributed by atoms with Gasteiger partial charge in [-0.05, 0) is 48.8 Å². The fraction of sp³-hybridized carbons (Fsp3) is 0.458. The maximum Gasteiger partial charge on any atom is 0.230 e. The number of pyridine rings is 1. The lowest BCUT2D eigenvalue weighted by molar-refractivity contribution is -0.118. The summed E-state index contributed by atoms with van der Waals surface area (Å²) < 4.78 is 5.51. The minimum Gasteiger partial charge on any atom is -0.378 e. The van der Waals surface area contributed by atoms with E-state index in [4.69, 9.17) is 9.72 Å². The number of carbonyl (C=O) groups excluding carboxylic acids is 1. The Labute approximate surface area is 188 Å². The molecular weight excluding hydrogens is 408 g/mol. The molecule has 2 heterocycles. The number of hydrogen-bond acceptors (Lipinski definition) is 6. The van der Waals surface area contributed by atoms with Crippen LogP contribution in [0.1, 0.15) is 35.1 Å². The molecule has 1 aliphatic carbocycles. The van der Waals surface area contributed by atoms with Crippen molar-refractivity contribution in [3.05, 3.63) is 52.6 Å². The molecule has 0 bridgehead atoms. The first-order valence-corrected chi connectivity index (χ1v) is 12.0. The van der Waals surface area contributed by atoms with Crippen LogP contribution in [0.2, 0.25) is 0 Å². The zero-order valence-corrected chi connectivity index (χ0v) is 18.5. The quantitative estimate of drug-likeness (QED) is 0.672. The number of nitrogens with one attached hydrogen (secondary N) is 1. The third-order valence-electron chi connectivity index (χ3n) is 5.80. The second-order valence-electron chi connectivity index (χ2n) is 7.87. The van der Waals surface area contributed by atoms with E-state index in [-0.39, 0.29) is 11.7 Å². The van der Waals surface area contributed by atoms with Crippen LogP contribution in [0.5, 0.6) is 0 Å². The number of anilines is 1. The number of nitrogens with zero attached hydrogens (tertiary/aromatic N) is 3. The number of hydrogen-bond donors (Lipinski definition) is 1. The molecule has 1 amide bonds. The Morgan fingerprint density at radius 1 is 1.16 bits per heavy atom. The van der Waals surface area contributed by atoms with Gasteiger partial charge in [0, 0.05) is 19.6 Å². The van der Waals surface area contributed by atoms with Crippen molar-refractivity contribution in [1.29, 1.82) is 5.26 Å². The number of carbonyl (C=O) groups is 1. The Morgan fingerprint density at radius 2 is 1.90 bits per heavy atom. The fourth-order valence-corrected chi connectivity index (χ4v) is 5.04. The van der Waals surface area contributed by atoms with E-state index in [9.17, 15) is 10.1 Å². The molecular formula is C24H28N4O2S. The molecule has 2 aliphatic rings. The second kappa shape index (κ2) is 10.7. The molecule has 1 fully saturated rings. The van der Waals surface area contributed by atoms with E-state index in [0.29, 0.717) is 30.3 Å². The van der Waals surface area contributed by atoms with E-state index in [0.717, 1.165) is 56.6 Å². The average molecular weight is 437 g/mol. The van der Waals surface area contributed by atoms with Crippen molar-refractivity contribution in [3.63, 3.8) is 0 Å². The number of aromatic nitrogens is 1. The summed E-state index contributed by atoms with van der Waals surface area (Å²) in [5.41, 5.74) is 4.22. The number of morpholine rings is 1. The van der Waals surface area contributed by atoms with E-state index < -0.39 is 0 Å². The lowest BCUT2D eigenvalue weighted by Crippen LogP contribution is -2.38. The molecule has 7 heteroatoms. The van der Waals surface area contributed by atoms with Crippen LogP contribution in [0.25, 0.3) is 0 Å². The van der Waals surface area contributed by atoms with Crippen LogP contribution in [0.4, 0.5) is 5.82 Å². The predicted molar refractivity (Wildman–Crippen MR) is 123 cm³/mol. The Hall–Kier alpha value is -2.56. The van der Waals surface area contributed by atoms with Crippen LogP contribution < -0.4 is 10.2 Å². The maximum atomic E-state index is 12.4. The number of benzene rings is 1. The highest BCUT2D eigenvalue weighted by Gasteiger charge is 2.26. The summed E-state index contributed by atoms with van der Waals surface area (Å²) in [5.74, 6) is 1.22. The molecule has 1 aromatic carbocycles. The summed E-state index contributed by atoms with van der Waals surface area (Å²) in [6, 6.07) is 12.5. The highest BCUT2D eigenvalue weighted by atomic mass is 32.2. The average Bonchev–Trinajstić information content (AvgIpc) is 2.83. The summed E-state index contributed by atoms with van der Waals surface area (Å²) in [4.78, 5) is 19.6. The summed E-state index contributed by atoms with van der Waals surface area (Å²) in [6.45, 7) is 3.63. The number of ether oxygens (including phenoxy) is 1. The smallest absolute Gasteiger partial charge is 0.230 e. The lowest BCUT2D eigenvalue weighted by atomic mass is 9.89. The van der Waals surface area contributed by atoms with Crippen LogP contribution in [-0.4, -0.2) is 49.5 Å². The van der Waals surface area contributed by atoms with Gasteiger partial charge >= 0.3 is 0 Å². The van der Waals surface area contributed by atoms with Crippen LogP contribution in [0.3, 0.4) is 0 Å². The molecule has 0 radical (unpaired) electrons. The molecule has 1 aliphatic heterocycles. The molecule has 6 nitrogen and oxygen atoms in total. The SMILES string of the molecule is N#Cc1c(SCC(=O)NCCc2ccccc2)nc(N2CCOCC2)c2c1CCCC2. The number of nitriles is 1. The molecule has 2 aromatic rings. The number of thioether (sulfide) groups is 1. The molecule has 0 saturated carbocycles. The molecule has 31 heavy (non-hydrogen) atoms. The highest BCUT2D eigenvalue weighted by Crippen LogP contribution is 2.36. The molecule has 0 spiro atoms. The van der Waals surface area contributed by atoms with Crippen LogP contribution in [-0.2, 0) is 28.8 Å². The minimum absolute atomic E-state index is 0.0303. The zero-order chi connectivity index (χ0) is 21.5. The first-order valence-electron chi connectivity index (χ1n) is 11.0. The van der Waals surface area contributed by atoms with E-state index in [1.54, 1.807) is 0 Å². The molecule has 4 rings (SSSR count). The summed E-state index contributed by atoms with van der Waals surface area (Å²) in [6.07, 6.45) is 4.91. The summed E-state index contributed by atoms with van der Waals surface area (Å²) in [7, 11) is 0. The van der Waals surface area contributed by atoms with Crippen molar-refractivity contribution in [2.45, 2.75) is 37.1 Å². The van der Waals surface area contributed by atoms with E-state index in [2.05, 4.69) is 28.4 Å². The van der Waals surface area contributed by atoms with E-state index in [1.807, 2.05) is 18.2 Å². The lowest BCUT2D eigenvalue weighted by Gasteiger charge is -2.32. The molecule has 0 unspecified atom stereocenters. The van der Waals surface area contributed by atoms with Crippen LogP contribution in [0.15, 0.2) is 35.4 Å². The van der Waals surface area contributed by atoms with Gasteiger partial charge in [0.1, 0.15) is 16.9 Å². The van der Waals surface area contributed by atoms with E-state index >= 15 is 0 Å². The van der Waals surface area contributed by atoms with Crippen molar-refractivity contribution in [2.75, 3.05) is 43.5 Å². The van der Waals surface area contributed by atoms with E-state index in [1.165, 1.54) is 22.9 Å². The van der Waals surface area contributed by atoms with Gasteiger partial charge in [0.15, 0.2) is 0 Å². The Balaban J connectivity index is 1.45. The normalized spacial score (nSPS) is 15.8. The predicted octanol–water partition coefficient (Wildman–Crippen LogP) is 3.12. The number of amides is 1. The standard InChI is InChI=1S/C24H28N4O2S/c25-16-21-19-8-4-5-9-20(19)23(28-12-14-30-15-13-28)27-24(21)31-17-22(29)26-11-10-18-6-2-1-3-7-18/h1-3,6-7H,4-5,8-15,17H2,(H,26,29). The fourth-order valence-electron chi connectivity index (χ4n) is 4.21. The molecule has 1 aromatic heterocycles. The minimum atomic E-state index is -0.0303. The van der Waals surface area contributed by atoms with Crippen LogP contribution >= 0.6 is 11.8 Å². The van der Waals surface area contributed by atoms with Gasteiger partial charge in [-0.3, -0.25) is 4.79 Å².